The molecule has 0 spiro atoms. The van der Waals surface area contributed by atoms with Crippen LogP contribution in [-0.2, 0) is 9.26 Å². The van der Waals surface area contributed by atoms with E-state index in [1.165, 1.54) is 57.1 Å². The molecular weight excluding hydrogens is 386 g/mol. The molecule has 0 aromatic heterocycles. The Kier molecular flexibility index (Phi) is 5.79. The predicted octanol–water partition coefficient (Wildman–Crippen LogP) is 7.42. The number of fused-ring (bicyclic) bond motifs is 5. The standard InChI is InChI=1S/C26H47NO2Si/c1-24(2,3)30(7,8)29-23-12-11-21-20-10-9-18-17-19(27-28-6)13-15-25(18,4)22(20)14-16-26(21,23)5/h18,20-23H,9-17H2,1-8H3/t18-,20?,21?,22?,23-,25-,26-/m0/s1. The lowest BCUT2D eigenvalue weighted by Gasteiger charge is -2.60. The molecule has 0 aromatic carbocycles. The zero-order valence-electron chi connectivity index (χ0n) is 21.0. The molecule has 4 fully saturated rings. The molecule has 4 rings (SSSR count). The molecule has 0 aromatic rings. The Morgan fingerprint density at radius 3 is 2.30 bits per heavy atom. The third kappa shape index (κ3) is 3.52. The summed E-state index contributed by atoms with van der Waals surface area (Å²) in [5, 5.41) is 4.64. The second-order valence-electron chi connectivity index (χ2n) is 13.2. The molecule has 3 unspecified atom stereocenters. The lowest BCUT2D eigenvalue weighted by atomic mass is 9.45. The summed E-state index contributed by atoms with van der Waals surface area (Å²) in [5.74, 6) is 3.51. The van der Waals surface area contributed by atoms with Crippen LogP contribution in [0.3, 0.4) is 0 Å². The number of oxime groups is 1. The van der Waals surface area contributed by atoms with Gasteiger partial charge in [0.2, 0.25) is 0 Å². The number of nitrogens with zero attached hydrogens (tertiary/aromatic N) is 1. The van der Waals surface area contributed by atoms with Crippen molar-refractivity contribution in [3.8, 4) is 0 Å². The average Bonchev–Trinajstić information content (AvgIpc) is 2.97. The average molecular weight is 434 g/mol. The van der Waals surface area contributed by atoms with Crippen molar-refractivity contribution >= 4 is 14.0 Å². The van der Waals surface area contributed by atoms with Gasteiger partial charge in [0.15, 0.2) is 8.32 Å². The fraction of sp³-hybridized carbons (Fsp3) is 0.962. The first-order valence-electron chi connectivity index (χ1n) is 12.7. The lowest BCUT2D eigenvalue weighted by molar-refractivity contribution is -0.110. The summed E-state index contributed by atoms with van der Waals surface area (Å²) in [4.78, 5) is 5.12. The summed E-state index contributed by atoms with van der Waals surface area (Å²) >= 11 is 0. The van der Waals surface area contributed by atoms with Crippen LogP contribution in [0.4, 0.5) is 0 Å². The van der Waals surface area contributed by atoms with Gasteiger partial charge in [-0.1, -0.05) is 39.8 Å². The largest absolute Gasteiger partial charge is 0.413 e. The maximum atomic E-state index is 7.10. The van der Waals surface area contributed by atoms with E-state index in [-0.39, 0.29) is 0 Å². The summed E-state index contributed by atoms with van der Waals surface area (Å²) in [7, 11) is -0.0238. The Hall–Kier alpha value is -0.353. The van der Waals surface area contributed by atoms with Crippen LogP contribution in [0.1, 0.15) is 92.4 Å². The quantitative estimate of drug-likeness (QED) is 0.342. The summed E-state index contributed by atoms with van der Waals surface area (Å²) in [6, 6.07) is 0. The van der Waals surface area contributed by atoms with Crippen molar-refractivity contribution in [2.75, 3.05) is 7.11 Å². The Morgan fingerprint density at radius 1 is 0.933 bits per heavy atom. The van der Waals surface area contributed by atoms with Gasteiger partial charge in [-0.15, -0.1) is 0 Å². The second kappa shape index (κ2) is 7.61. The van der Waals surface area contributed by atoms with E-state index in [0.29, 0.717) is 22.0 Å². The first-order valence-corrected chi connectivity index (χ1v) is 15.6. The van der Waals surface area contributed by atoms with Crippen LogP contribution in [0.2, 0.25) is 18.1 Å². The van der Waals surface area contributed by atoms with Gasteiger partial charge in [0.05, 0.1) is 11.8 Å². The Labute approximate surface area is 186 Å². The molecule has 0 aliphatic heterocycles. The summed E-state index contributed by atoms with van der Waals surface area (Å²) < 4.78 is 7.10. The summed E-state index contributed by atoms with van der Waals surface area (Å²) in [6.07, 6.45) is 12.4. The van der Waals surface area contributed by atoms with Gasteiger partial charge in [-0.25, -0.2) is 0 Å². The van der Waals surface area contributed by atoms with Gasteiger partial charge in [0.25, 0.3) is 0 Å². The SMILES string of the molecule is CON=C1CC[C@]2(C)C3CC[C@@]4(C)C(CC[C@@H]4O[Si](C)(C)C(C)(C)C)C3CC[C@H]2C1. The molecular formula is C26H47NO2Si. The van der Waals surface area contributed by atoms with Crippen molar-refractivity contribution in [1.29, 1.82) is 0 Å². The van der Waals surface area contributed by atoms with Crippen molar-refractivity contribution in [3.63, 3.8) is 0 Å². The van der Waals surface area contributed by atoms with Gasteiger partial charge in [-0.3, -0.25) is 0 Å². The van der Waals surface area contributed by atoms with Gasteiger partial charge < -0.3 is 9.26 Å². The van der Waals surface area contributed by atoms with Gasteiger partial charge in [0, 0.05) is 0 Å². The van der Waals surface area contributed by atoms with E-state index < -0.39 is 8.32 Å². The zero-order chi connectivity index (χ0) is 21.9. The number of hydrogen-bond donors (Lipinski definition) is 0. The predicted molar refractivity (Wildman–Crippen MR) is 128 cm³/mol. The van der Waals surface area contributed by atoms with Gasteiger partial charge in [0.1, 0.15) is 7.11 Å². The highest BCUT2D eigenvalue weighted by Crippen LogP contribution is 2.66. The monoisotopic (exact) mass is 433 g/mol. The molecule has 0 N–H and O–H groups in total. The normalized spacial score (nSPS) is 45.6. The van der Waals surface area contributed by atoms with Crippen LogP contribution in [0, 0.1) is 34.5 Å². The minimum Gasteiger partial charge on any atom is -0.413 e. The first kappa shape index (κ1) is 22.8. The highest BCUT2D eigenvalue weighted by Gasteiger charge is 2.61. The Bertz CT molecular complexity index is 683. The topological polar surface area (TPSA) is 30.8 Å². The highest BCUT2D eigenvalue weighted by molar-refractivity contribution is 6.74. The van der Waals surface area contributed by atoms with E-state index >= 15 is 0 Å². The maximum Gasteiger partial charge on any atom is 0.192 e. The molecule has 0 heterocycles. The zero-order valence-corrected chi connectivity index (χ0v) is 22.0. The van der Waals surface area contributed by atoms with E-state index in [4.69, 9.17) is 9.26 Å². The maximum absolute atomic E-state index is 7.10. The van der Waals surface area contributed by atoms with Crippen molar-refractivity contribution in [1.82, 2.24) is 0 Å². The van der Waals surface area contributed by atoms with E-state index in [2.05, 4.69) is 52.9 Å². The molecule has 3 nitrogen and oxygen atoms in total. The fourth-order valence-corrected chi connectivity index (χ4v) is 9.40. The molecule has 30 heavy (non-hydrogen) atoms. The molecule has 4 heteroatoms. The van der Waals surface area contributed by atoms with E-state index in [1.807, 2.05) is 0 Å². The number of hydrogen-bond acceptors (Lipinski definition) is 3. The van der Waals surface area contributed by atoms with Gasteiger partial charge in [-0.2, -0.15) is 0 Å². The summed E-state index contributed by atoms with van der Waals surface area (Å²) in [5.41, 5.74) is 2.22. The molecule has 7 atom stereocenters. The number of rotatable bonds is 3. The van der Waals surface area contributed by atoms with E-state index in [0.717, 1.165) is 30.1 Å². The second-order valence-corrected chi connectivity index (χ2v) is 17.9. The van der Waals surface area contributed by atoms with Crippen LogP contribution in [-0.4, -0.2) is 27.2 Å². The molecule has 4 saturated carbocycles. The minimum atomic E-state index is -1.72. The molecule has 0 amide bonds. The summed E-state index contributed by atoms with van der Waals surface area (Å²) in [6.45, 7) is 17.3. The van der Waals surface area contributed by atoms with Crippen LogP contribution < -0.4 is 0 Å². The lowest BCUT2D eigenvalue weighted by Crippen LogP contribution is -2.55. The molecule has 0 bridgehead atoms. The molecule has 4 aliphatic rings. The first-order chi connectivity index (χ1) is 13.9. The van der Waals surface area contributed by atoms with Gasteiger partial charge in [-0.05, 0) is 110 Å². The van der Waals surface area contributed by atoms with Crippen LogP contribution in [0.25, 0.3) is 0 Å². The molecule has 172 valence electrons. The van der Waals surface area contributed by atoms with E-state index in [1.54, 1.807) is 7.11 Å². The smallest absolute Gasteiger partial charge is 0.192 e. The Morgan fingerprint density at radius 2 is 1.63 bits per heavy atom. The van der Waals surface area contributed by atoms with Crippen molar-refractivity contribution in [2.45, 2.75) is 117 Å². The van der Waals surface area contributed by atoms with Crippen LogP contribution in [0.5, 0.6) is 0 Å². The third-order valence-corrected chi connectivity index (χ3v) is 15.4. The van der Waals surface area contributed by atoms with Crippen molar-refractivity contribution < 1.29 is 9.26 Å². The third-order valence-electron chi connectivity index (χ3n) is 10.9. The van der Waals surface area contributed by atoms with Crippen LogP contribution >= 0.6 is 0 Å². The molecule has 0 radical (unpaired) electrons. The molecule has 4 aliphatic carbocycles. The van der Waals surface area contributed by atoms with Crippen molar-refractivity contribution in [2.24, 2.45) is 39.7 Å². The van der Waals surface area contributed by atoms with Crippen LogP contribution in [0.15, 0.2) is 5.16 Å². The Balaban J connectivity index is 1.52. The van der Waals surface area contributed by atoms with Gasteiger partial charge >= 0.3 is 0 Å². The van der Waals surface area contributed by atoms with E-state index in [9.17, 15) is 0 Å². The fourth-order valence-electron chi connectivity index (χ4n) is 7.95. The minimum absolute atomic E-state index is 0.299. The highest BCUT2D eigenvalue weighted by atomic mass is 28.4. The molecule has 0 saturated heterocycles. The van der Waals surface area contributed by atoms with Crippen molar-refractivity contribution in [3.05, 3.63) is 0 Å².